The predicted molar refractivity (Wildman–Crippen MR) is 113 cm³/mol. The predicted octanol–water partition coefficient (Wildman–Crippen LogP) is 5.75. The quantitative estimate of drug-likeness (QED) is 0.530. The zero-order valence-corrected chi connectivity index (χ0v) is 19.0. The van der Waals surface area contributed by atoms with E-state index >= 15 is 0 Å². The van der Waals surface area contributed by atoms with Crippen LogP contribution in [0.15, 0.2) is 30.3 Å². The van der Waals surface area contributed by atoms with Crippen LogP contribution in [0.25, 0.3) is 0 Å². The molecule has 0 heterocycles. The average molecular weight is 391 g/mol. The van der Waals surface area contributed by atoms with Crippen LogP contribution in [-0.4, -0.2) is 23.6 Å². The second-order valence-electron chi connectivity index (χ2n) is 9.83. The lowest BCUT2D eigenvalue weighted by atomic mass is 9.73. The van der Waals surface area contributed by atoms with Gasteiger partial charge in [0.25, 0.3) is 0 Å². The normalized spacial score (nSPS) is 13.7. The van der Waals surface area contributed by atoms with Crippen molar-refractivity contribution in [3.8, 4) is 0 Å². The maximum absolute atomic E-state index is 13.2. The monoisotopic (exact) mass is 390 g/mol. The van der Waals surface area contributed by atoms with Gasteiger partial charge in [0.05, 0.1) is 11.8 Å². The zero-order chi connectivity index (χ0) is 21.7. The van der Waals surface area contributed by atoms with Crippen LogP contribution in [-0.2, 0) is 19.1 Å². The van der Waals surface area contributed by atoms with Gasteiger partial charge >= 0.3 is 11.9 Å². The minimum Gasteiger partial charge on any atom is -0.461 e. The summed E-state index contributed by atoms with van der Waals surface area (Å²) < 4.78 is 11.5. The minimum absolute atomic E-state index is 0.122. The number of hydrogen-bond acceptors (Lipinski definition) is 4. The molecule has 1 rings (SSSR count). The first-order valence-electron chi connectivity index (χ1n) is 10.2. The lowest BCUT2D eigenvalue weighted by Gasteiger charge is -2.35. The van der Waals surface area contributed by atoms with Gasteiger partial charge in [0.2, 0.25) is 0 Å². The van der Waals surface area contributed by atoms with Crippen LogP contribution in [0, 0.1) is 17.3 Å². The largest absolute Gasteiger partial charge is 0.461 e. The Labute approximate surface area is 171 Å². The number of hydrogen-bond donors (Lipinski definition) is 0. The Morgan fingerprint density at radius 2 is 1.39 bits per heavy atom. The van der Waals surface area contributed by atoms with Gasteiger partial charge in [-0.05, 0) is 52.0 Å². The Bertz CT molecular complexity index is 630. The molecule has 0 N–H and O–H groups in total. The van der Waals surface area contributed by atoms with Gasteiger partial charge in [-0.3, -0.25) is 9.59 Å². The summed E-state index contributed by atoms with van der Waals surface area (Å²) in [5, 5.41) is 0. The van der Waals surface area contributed by atoms with E-state index in [4.69, 9.17) is 9.47 Å². The Morgan fingerprint density at radius 1 is 0.893 bits per heavy atom. The lowest BCUT2D eigenvalue weighted by molar-refractivity contribution is -0.167. The molecular formula is C24H38O4. The fourth-order valence-electron chi connectivity index (χ4n) is 3.48. The number of esters is 2. The molecule has 1 atom stereocenters. The van der Waals surface area contributed by atoms with E-state index in [-0.39, 0.29) is 42.2 Å². The molecule has 0 bridgehead atoms. The molecule has 1 aromatic carbocycles. The molecule has 4 heteroatoms. The Kier molecular flexibility index (Phi) is 8.28. The molecule has 0 aromatic heterocycles. The standard InChI is InChI=1S/C24H38O4/c1-16(2)21(17(3)4)27-22(26)24(8,9)19(18-13-11-10-12-14-18)15-20(25)28-23(5,6)7/h10-14,16-17,19,21H,15H2,1-9H3/t19-/m1/s1. The third kappa shape index (κ3) is 6.96. The van der Waals surface area contributed by atoms with E-state index in [9.17, 15) is 9.59 Å². The molecule has 4 nitrogen and oxygen atoms in total. The number of carbonyl (C=O) groups excluding carboxylic acids is 2. The summed E-state index contributed by atoms with van der Waals surface area (Å²) in [6, 6.07) is 9.67. The molecule has 0 spiro atoms. The molecule has 0 fully saturated rings. The van der Waals surface area contributed by atoms with E-state index in [2.05, 4.69) is 27.7 Å². The van der Waals surface area contributed by atoms with Crippen LogP contribution in [0.1, 0.15) is 80.2 Å². The van der Waals surface area contributed by atoms with Crippen molar-refractivity contribution in [1.29, 1.82) is 0 Å². The minimum atomic E-state index is -0.875. The van der Waals surface area contributed by atoms with Crippen LogP contribution in [0.5, 0.6) is 0 Å². The summed E-state index contributed by atoms with van der Waals surface area (Å²) in [7, 11) is 0. The van der Waals surface area contributed by atoms with Crippen molar-refractivity contribution in [3.05, 3.63) is 35.9 Å². The lowest BCUT2D eigenvalue weighted by Crippen LogP contribution is -2.40. The topological polar surface area (TPSA) is 52.6 Å². The molecule has 0 aliphatic carbocycles. The molecular weight excluding hydrogens is 352 g/mol. The Hall–Kier alpha value is -1.84. The molecule has 28 heavy (non-hydrogen) atoms. The third-order valence-corrected chi connectivity index (χ3v) is 4.95. The number of carbonyl (C=O) groups is 2. The second kappa shape index (κ2) is 9.58. The SMILES string of the molecule is CC(C)C(OC(=O)C(C)(C)[C@H](CC(=O)OC(C)(C)C)c1ccccc1)C(C)C. The van der Waals surface area contributed by atoms with Crippen molar-refractivity contribution in [2.24, 2.45) is 17.3 Å². The summed E-state index contributed by atoms with van der Waals surface area (Å²) in [5.74, 6) is -0.485. The van der Waals surface area contributed by atoms with E-state index < -0.39 is 11.0 Å². The molecule has 158 valence electrons. The van der Waals surface area contributed by atoms with Crippen molar-refractivity contribution >= 4 is 11.9 Å². The van der Waals surface area contributed by atoms with E-state index in [0.29, 0.717) is 0 Å². The third-order valence-electron chi connectivity index (χ3n) is 4.95. The van der Waals surface area contributed by atoms with Gasteiger partial charge in [-0.15, -0.1) is 0 Å². The Balaban J connectivity index is 3.16. The zero-order valence-electron chi connectivity index (χ0n) is 19.0. The van der Waals surface area contributed by atoms with Crippen LogP contribution in [0.2, 0.25) is 0 Å². The average Bonchev–Trinajstić information content (AvgIpc) is 2.55. The van der Waals surface area contributed by atoms with E-state index in [1.165, 1.54) is 0 Å². The van der Waals surface area contributed by atoms with Crippen LogP contribution < -0.4 is 0 Å². The van der Waals surface area contributed by atoms with Gasteiger partial charge in [0.15, 0.2) is 0 Å². The van der Waals surface area contributed by atoms with E-state index in [1.54, 1.807) is 0 Å². The maximum atomic E-state index is 13.2. The van der Waals surface area contributed by atoms with Gasteiger partial charge in [-0.1, -0.05) is 58.0 Å². The van der Waals surface area contributed by atoms with Crippen molar-refractivity contribution in [3.63, 3.8) is 0 Å². The summed E-state index contributed by atoms with van der Waals surface area (Å²) in [6.07, 6.45) is -0.0399. The number of rotatable bonds is 8. The van der Waals surface area contributed by atoms with Crippen molar-refractivity contribution in [2.45, 2.75) is 86.4 Å². The van der Waals surface area contributed by atoms with Crippen LogP contribution in [0.3, 0.4) is 0 Å². The van der Waals surface area contributed by atoms with Crippen molar-refractivity contribution in [1.82, 2.24) is 0 Å². The first-order chi connectivity index (χ1) is 12.8. The van der Waals surface area contributed by atoms with E-state index in [1.807, 2.05) is 65.0 Å². The number of ether oxygens (including phenoxy) is 2. The molecule has 0 radical (unpaired) electrons. The molecule has 0 saturated carbocycles. The van der Waals surface area contributed by atoms with Gasteiger partial charge in [0.1, 0.15) is 11.7 Å². The summed E-state index contributed by atoms with van der Waals surface area (Å²) in [5.41, 5.74) is -0.509. The van der Waals surface area contributed by atoms with Crippen molar-refractivity contribution < 1.29 is 19.1 Å². The highest BCUT2D eigenvalue weighted by Gasteiger charge is 2.42. The van der Waals surface area contributed by atoms with Gasteiger partial charge < -0.3 is 9.47 Å². The van der Waals surface area contributed by atoms with Gasteiger partial charge in [-0.2, -0.15) is 0 Å². The molecule has 0 aliphatic heterocycles. The number of benzene rings is 1. The molecule has 0 unspecified atom stereocenters. The van der Waals surface area contributed by atoms with E-state index in [0.717, 1.165) is 5.56 Å². The molecule has 0 amide bonds. The summed E-state index contributed by atoms with van der Waals surface area (Å²) >= 11 is 0. The van der Waals surface area contributed by atoms with Gasteiger partial charge in [-0.25, -0.2) is 0 Å². The fourth-order valence-corrected chi connectivity index (χ4v) is 3.48. The summed E-state index contributed by atoms with van der Waals surface area (Å²) in [6.45, 7) is 17.5. The molecule has 0 saturated heterocycles. The second-order valence-corrected chi connectivity index (χ2v) is 9.83. The van der Waals surface area contributed by atoms with Crippen LogP contribution >= 0.6 is 0 Å². The van der Waals surface area contributed by atoms with Crippen molar-refractivity contribution in [2.75, 3.05) is 0 Å². The first-order valence-corrected chi connectivity index (χ1v) is 10.2. The molecule has 0 aliphatic rings. The van der Waals surface area contributed by atoms with Gasteiger partial charge in [0, 0.05) is 5.92 Å². The summed E-state index contributed by atoms with van der Waals surface area (Å²) in [4.78, 5) is 25.8. The smallest absolute Gasteiger partial charge is 0.312 e. The highest BCUT2D eigenvalue weighted by molar-refractivity contribution is 5.80. The highest BCUT2D eigenvalue weighted by atomic mass is 16.6. The fraction of sp³-hybridized carbons (Fsp3) is 0.667. The molecule has 1 aromatic rings. The van der Waals surface area contributed by atoms with Crippen LogP contribution in [0.4, 0.5) is 0 Å². The Morgan fingerprint density at radius 3 is 1.82 bits per heavy atom. The first kappa shape index (κ1) is 24.2. The highest BCUT2D eigenvalue weighted by Crippen LogP contribution is 2.40. The maximum Gasteiger partial charge on any atom is 0.312 e.